The molecular weight excluding hydrogens is 399 g/mol. The van der Waals surface area contributed by atoms with Crippen LogP contribution in [-0.2, 0) is 24.3 Å². The number of sulfonamides is 1. The Kier molecular flexibility index (Phi) is 7.46. The van der Waals surface area contributed by atoms with Crippen molar-refractivity contribution in [1.82, 2.24) is 4.72 Å². The lowest BCUT2D eigenvalue weighted by Gasteiger charge is -2.17. The second kappa shape index (κ2) is 9.62. The number of amides is 1. The van der Waals surface area contributed by atoms with E-state index < -0.39 is 40.4 Å². The van der Waals surface area contributed by atoms with E-state index in [2.05, 4.69) is 10.0 Å². The van der Waals surface area contributed by atoms with Crippen molar-refractivity contribution in [1.29, 1.82) is 0 Å². The standard InChI is InChI=1S/C20H23FN2O5S/c1-13(2)17-6-4-5-7-18(17)23-20(25)14(3)28-19(24)12-22-29(26,27)16-10-8-15(21)9-11-16/h4-11,13-14,22H,12H2,1-3H3,(H,23,25)/t14-/m0/s1. The first-order valence-corrected chi connectivity index (χ1v) is 10.4. The molecule has 0 aliphatic carbocycles. The highest BCUT2D eigenvalue weighted by atomic mass is 32.2. The molecule has 0 bridgehead atoms. The van der Waals surface area contributed by atoms with Gasteiger partial charge < -0.3 is 10.1 Å². The molecule has 7 nitrogen and oxygen atoms in total. The number of esters is 1. The van der Waals surface area contributed by atoms with E-state index in [4.69, 9.17) is 4.74 Å². The quantitative estimate of drug-likeness (QED) is 0.637. The van der Waals surface area contributed by atoms with Gasteiger partial charge in [0.05, 0.1) is 4.90 Å². The van der Waals surface area contributed by atoms with Crippen molar-refractivity contribution >= 4 is 27.6 Å². The molecule has 0 saturated heterocycles. The molecule has 29 heavy (non-hydrogen) atoms. The van der Waals surface area contributed by atoms with Gasteiger partial charge >= 0.3 is 5.97 Å². The van der Waals surface area contributed by atoms with Crippen LogP contribution in [0, 0.1) is 5.82 Å². The SMILES string of the molecule is CC(C)c1ccccc1NC(=O)[C@H](C)OC(=O)CNS(=O)(=O)c1ccc(F)cc1. The summed E-state index contributed by atoms with van der Waals surface area (Å²) in [5.74, 6) is -1.85. The number of para-hydroxylation sites is 1. The Labute approximate surface area is 169 Å². The van der Waals surface area contributed by atoms with Gasteiger partial charge in [0.25, 0.3) is 5.91 Å². The minimum atomic E-state index is -4.01. The van der Waals surface area contributed by atoms with Crippen molar-refractivity contribution in [3.05, 3.63) is 59.9 Å². The maximum absolute atomic E-state index is 12.9. The molecule has 2 aromatic rings. The number of halogens is 1. The molecule has 0 fully saturated rings. The predicted octanol–water partition coefficient (Wildman–Crippen LogP) is 2.80. The van der Waals surface area contributed by atoms with Crippen LogP contribution in [-0.4, -0.2) is 32.9 Å². The highest BCUT2D eigenvalue weighted by Gasteiger charge is 2.21. The van der Waals surface area contributed by atoms with Gasteiger partial charge in [-0.2, -0.15) is 4.72 Å². The van der Waals surface area contributed by atoms with Crippen molar-refractivity contribution in [3.63, 3.8) is 0 Å². The zero-order valence-electron chi connectivity index (χ0n) is 16.3. The van der Waals surface area contributed by atoms with E-state index in [1.54, 1.807) is 12.1 Å². The molecule has 0 unspecified atom stereocenters. The molecule has 0 spiro atoms. The van der Waals surface area contributed by atoms with E-state index in [1.165, 1.54) is 6.92 Å². The average molecular weight is 422 g/mol. The highest BCUT2D eigenvalue weighted by molar-refractivity contribution is 7.89. The monoisotopic (exact) mass is 422 g/mol. The van der Waals surface area contributed by atoms with Gasteiger partial charge in [-0.1, -0.05) is 32.0 Å². The average Bonchev–Trinajstić information content (AvgIpc) is 2.67. The fourth-order valence-corrected chi connectivity index (χ4v) is 3.46. The van der Waals surface area contributed by atoms with Crippen LogP contribution in [0.5, 0.6) is 0 Å². The number of carbonyl (C=O) groups is 2. The van der Waals surface area contributed by atoms with E-state index in [0.29, 0.717) is 5.69 Å². The molecular formula is C20H23FN2O5S. The molecule has 156 valence electrons. The van der Waals surface area contributed by atoms with Gasteiger partial charge in [-0.25, -0.2) is 12.8 Å². The number of benzene rings is 2. The van der Waals surface area contributed by atoms with Crippen LogP contribution in [0.3, 0.4) is 0 Å². The first kappa shape index (κ1) is 22.5. The van der Waals surface area contributed by atoms with Crippen LogP contribution in [0.1, 0.15) is 32.3 Å². The molecule has 1 atom stereocenters. The zero-order valence-corrected chi connectivity index (χ0v) is 17.1. The van der Waals surface area contributed by atoms with Crippen molar-refractivity contribution in [3.8, 4) is 0 Å². The molecule has 1 amide bonds. The molecule has 0 radical (unpaired) electrons. The molecule has 0 aliphatic heterocycles. The maximum Gasteiger partial charge on any atom is 0.321 e. The third-order valence-electron chi connectivity index (χ3n) is 4.05. The van der Waals surface area contributed by atoms with Crippen LogP contribution in [0.2, 0.25) is 0 Å². The van der Waals surface area contributed by atoms with Gasteiger partial charge in [0, 0.05) is 5.69 Å². The highest BCUT2D eigenvalue weighted by Crippen LogP contribution is 2.23. The van der Waals surface area contributed by atoms with E-state index in [1.807, 2.05) is 26.0 Å². The first-order valence-electron chi connectivity index (χ1n) is 8.94. The topological polar surface area (TPSA) is 102 Å². The van der Waals surface area contributed by atoms with Crippen molar-refractivity contribution in [2.75, 3.05) is 11.9 Å². The summed E-state index contributed by atoms with van der Waals surface area (Å²) in [4.78, 5) is 24.1. The van der Waals surface area contributed by atoms with E-state index in [-0.39, 0.29) is 10.8 Å². The van der Waals surface area contributed by atoms with Crippen LogP contribution in [0.25, 0.3) is 0 Å². The third kappa shape index (κ3) is 6.37. The second-order valence-corrected chi connectivity index (χ2v) is 8.41. The van der Waals surface area contributed by atoms with Gasteiger partial charge in [-0.3, -0.25) is 9.59 Å². The van der Waals surface area contributed by atoms with E-state index in [0.717, 1.165) is 29.8 Å². The van der Waals surface area contributed by atoms with Gasteiger partial charge in [0.2, 0.25) is 10.0 Å². The molecule has 0 saturated carbocycles. The largest absolute Gasteiger partial charge is 0.452 e. The Bertz CT molecular complexity index is 975. The van der Waals surface area contributed by atoms with E-state index in [9.17, 15) is 22.4 Å². The Morgan fingerprint density at radius 1 is 1.03 bits per heavy atom. The number of nitrogens with one attached hydrogen (secondary N) is 2. The number of carbonyl (C=O) groups excluding carboxylic acids is 2. The molecule has 9 heteroatoms. The van der Waals surface area contributed by atoms with Crippen LogP contribution in [0.4, 0.5) is 10.1 Å². The lowest BCUT2D eigenvalue weighted by Crippen LogP contribution is -2.36. The molecule has 0 aromatic heterocycles. The minimum Gasteiger partial charge on any atom is -0.452 e. The normalized spacial score (nSPS) is 12.4. The smallest absolute Gasteiger partial charge is 0.321 e. The summed E-state index contributed by atoms with van der Waals surface area (Å²) in [6.45, 7) is 4.70. The fraction of sp³-hybridized carbons (Fsp3) is 0.300. The van der Waals surface area contributed by atoms with E-state index >= 15 is 0 Å². The molecule has 2 rings (SSSR count). The summed E-state index contributed by atoms with van der Waals surface area (Å²) in [7, 11) is -4.01. The second-order valence-electron chi connectivity index (χ2n) is 6.64. The Balaban J connectivity index is 1.91. The summed E-state index contributed by atoms with van der Waals surface area (Å²) in [5, 5.41) is 2.71. The van der Waals surface area contributed by atoms with Gasteiger partial charge in [-0.05, 0) is 48.7 Å². The summed E-state index contributed by atoms with van der Waals surface area (Å²) in [6.07, 6.45) is -1.13. The Hall–Kier alpha value is -2.78. The number of anilines is 1. The maximum atomic E-state index is 12.9. The Morgan fingerprint density at radius 3 is 2.28 bits per heavy atom. The first-order chi connectivity index (χ1) is 13.6. The third-order valence-corrected chi connectivity index (χ3v) is 5.47. The van der Waals surface area contributed by atoms with Gasteiger partial charge in [0.15, 0.2) is 6.10 Å². The predicted molar refractivity (Wildman–Crippen MR) is 106 cm³/mol. The lowest BCUT2D eigenvalue weighted by molar-refractivity contribution is -0.151. The summed E-state index contributed by atoms with van der Waals surface area (Å²) in [5.41, 5.74) is 1.55. The number of rotatable bonds is 8. The van der Waals surface area contributed by atoms with Crippen molar-refractivity contribution in [2.45, 2.75) is 37.7 Å². The molecule has 0 heterocycles. The fourth-order valence-electron chi connectivity index (χ4n) is 2.49. The van der Waals surface area contributed by atoms with Gasteiger partial charge in [-0.15, -0.1) is 0 Å². The summed E-state index contributed by atoms with van der Waals surface area (Å²) < 4.78 is 44.1. The minimum absolute atomic E-state index is 0.185. The van der Waals surface area contributed by atoms with Crippen molar-refractivity contribution < 1.29 is 27.1 Å². The van der Waals surface area contributed by atoms with Crippen LogP contribution in [0.15, 0.2) is 53.4 Å². The molecule has 2 N–H and O–H groups in total. The number of hydrogen-bond donors (Lipinski definition) is 2. The van der Waals surface area contributed by atoms with Crippen LogP contribution >= 0.6 is 0 Å². The van der Waals surface area contributed by atoms with Crippen molar-refractivity contribution in [2.24, 2.45) is 0 Å². The Morgan fingerprint density at radius 2 is 1.66 bits per heavy atom. The lowest BCUT2D eigenvalue weighted by atomic mass is 10.0. The molecule has 2 aromatic carbocycles. The molecule has 0 aliphatic rings. The number of ether oxygens (including phenoxy) is 1. The zero-order chi connectivity index (χ0) is 21.6. The summed E-state index contributed by atoms with van der Waals surface area (Å²) >= 11 is 0. The van der Waals surface area contributed by atoms with Gasteiger partial charge in [0.1, 0.15) is 12.4 Å². The number of hydrogen-bond acceptors (Lipinski definition) is 5. The summed E-state index contributed by atoms with van der Waals surface area (Å²) in [6, 6.07) is 11.4. The van der Waals surface area contributed by atoms with Crippen LogP contribution < -0.4 is 10.0 Å².